The number of nitrogens with one attached hydrogen (secondary N) is 2. The van der Waals surface area contributed by atoms with E-state index < -0.39 is 16.1 Å². The lowest BCUT2D eigenvalue weighted by Gasteiger charge is -2.15. The van der Waals surface area contributed by atoms with Crippen LogP contribution in [-0.4, -0.2) is 33.5 Å². The topological polar surface area (TPSA) is 84.5 Å². The predicted molar refractivity (Wildman–Crippen MR) is 101 cm³/mol. The van der Waals surface area contributed by atoms with E-state index in [0.717, 1.165) is 5.56 Å². The Bertz CT molecular complexity index is 854. The zero-order valence-electron chi connectivity index (χ0n) is 14.5. The van der Waals surface area contributed by atoms with Crippen molar-refractivity contribution in [1.29, 1.82) is 0 Å². The molecule has 0 fully saturated rings. The zero-order chi connectivity index (χ0) is 19.2. The summed E-state index contributed by atoms with van der Waals surface area (Å²) in [5.41, 5.74) is 0.976. The van der Waals surface area contributed by atoms with Gasteiger partial charge in [-0.1, -0.05) is 41.4 Å². The largest absolute Gasteiger partial charge is 0.479 e. The third-order valence-corrected chi connectivity index (χ3v) is 5.35. The van der Waals surface area contributed by atoms with E-state index in [1.807, 2.05) is 6.92 Å². The Morgan fingerprint density at radius 3 is 2.42 bits per heavy atom. The average molecular weight is 397 g/mol. The van der Waals surface area contributed by atoms with E-state index in [-0.39, 0.29) is 23.9 Å². The molecule has 1 atom stereocenters. The number of hydrogen-bond donors (Lipinski definition) is 2. The van der Waals surface area contributed by atoms with Crippen LogP contribution in [0.1, 0.15) is 12.5 Å². The van der Waals surface area contributed by atoms with Gasteiger partial charge >= 0.3 is 0 Å². The molecule has 6 nitrogen and oxygen atoms in total. The molecule has 0 heterocycles. The smallest absolute Gasteiger partial charge is 0.260 e. The Morgan fingerprint density at radius 1 is 1.12 bits per heavy atom. The van der Waals surface area contributed by atoms with E-state index in [1.54, 1.807) is 43.3 Å². The van der Waals surface area contributed by atoms with Gasteiger partial charge in [0.05, 0.1) is 9.92 Å². The summed E-state index contributed by atoms with van der Waals surface area (Å²) < 4.78 is 32.2. The minimum absolute atomic E-state index is 0.0702. The van der Waals surface area contributed by atoms with Crippen molar-refractivity contribution < 1.29 is 17.9 Å². The van der Waals surface area contributed by atoms with Crippen molar-refractivity contribution >= 4 is 27.5 Å². The number of rotatable bonds is 8. The summed E-state index contributed by atoms with van der Waals surface area (Å²) in [4.78, 5) is 12.2. The van der Waals surface area contributed by atoms with Crippen molar-refractivity contribution in [2.24, 2.45) is 0 Å². The molecule has 0 saturated carbocycles. The SMILES string of the molecule is Cc1ccc(S(=O)(=O)NCCNC(=O)C(C)Oc2ccccc2Cl)cc1. The number of sulfonamides is 1. The number of carbonyl (C=O) groups is 1. The number of benzene rings is 2. The van der Waals surface area contributed by atoms with Gasteiger partial charge in [0.2, 0.25) is 10.0 Å². The molecule has 0 aliphatic heterocycles. The van der Waals surface area contributed by atoms with Crippen LogP contribution in [0.2, 0.25) is 5.02 Å². The fourth-order valence-corrected chi connectivity index (χ4v) is 3.31. The van der Waals surface area contributed by atoms with E-state index in [4.69, 9.17) is 16.3 Å². The quantitative estimate of drug-likeness (QED) is 0.671. The van der Waals surface area contributed by atoms with Gasteiger partial charge in [-0.05, 0) is 38.1 Å². The highest BCUT2D eigenvalue weighted by atomic mass is 35.5. The van der Waals surface area contributed by atoms with Gasteiger partial charge in [-0.25, -0.2) is 13.1 Å². The molecule has 140 valence electrons. The third kappa shape index (κ3) is 5.72. The lowest BCUT2D eigenvalue weighted by Crippen LogP contribution is -2.40. The van der Waals surface area contributed by atoms with Crippen LogP contribution in [-0.2, 0) is 14.8 Å². The van der Waals surface area contributed by atoms with Crippen molar-refractivity contribution in [2.45, 2.75) is 24.8 Å². The van der Waals surface area contributed by atoms with Crippen molar-refractivity contribution in [3.8, 4) is 5.75 Å². The van der Waals surface area contributed by atoms with E-state index in [0.29, 0.717) is 10.8 Å². The van der Waals surface area contributed by atoms with Crippen LogP contribution in [0, 0.1) is 6.92 Å². The Morgan fingerprint density at radius 2 is 1.77 bits per heavy atom. The van der Waals surface area contributed by atoms with Crippen LogP contribution in [0.25, 0.3) is 0 Å². The molecule has 8 heteroatoms. The molecule has 1 amide bonds. The summed E-state index contributed by atoms with van der Waals surface area (Å²) in [7, 11) is -3.60. The number of ether oxygens (including phenoxy) is 1. The Kier molecular flexibility index (Phi) is 7.02. The number of amides is 1. The van der Waals surface area contributed by atoms with Gasteiger partial charge in [0, 0.05) is 13.1 Å². The maximum Gasteiger partial charge on any atom is 0.260 e. The molecular formula is C18H21ClN2O4S. The molecule has 0 spiro atoms. The van der Waals surface area contributed by atoms with E-state index in [2.05, 4.69) is 10.0 Å². The highest BCUT2D eigenvalue weighted by molar-refractivity contribution is 7.89. The van der Waals surface area contributed by atoms with Gasteiger partial charge in [0.1, 0.15) is 5.75 Å². The van der Waals surface area contributed by atoms with Gasteiger partial charge in [-0.2, -0.15) is 0 Å². The third-order valence-electron chi connectivity index (χ3n) is 3.56. The van der Waals surface area contributed by atoms with E-state index >= 15 is 0 Å². The summed E-state index contributed by atoms with van der Waals surface area (Å²) in [6.45, 7) is 3.68. The molecule has 0 bridgehead atoms. The monoisotopic (exact) mass is 396 g/mol. The van der Waals surface area contributed by atoms with Gasteiger partial charge in [-0.3, -0.25) is 4.79 Å². The first kappa shape index (κ1) is 20.2. The predicted octanol–water partition coefficient (Wildman–Crippen LogP) is 2.51. The number of halogens is 1. The fraction of sp³-hybridized carbons (Fsp3) is 0.278. The minimum Gasteiger partial charge on any atom is -0.479 e. The lowest BCUT2D eigenvalue weighted by atomic mass is 10.2. The van der Waals surface area contributed by atoms with Crippen LogP contribution >= 0.6 is 11.6 Å². The maximum atomic E-state index is 12.1. The molecule has 2 rings (SSSR count). The molecule has 2 N–H and O–H groups in total. The first-order valence-corrected chi connectivity index (χ1v) is 9.91. The highest BCUT2D eigenvalue weighted by Crippen LogP contribution is 2.24. The molecule has 1 unspecified atom stereocenters. The summed E-state index contributed by atoms with van der Waals surface area (Å²) >= 11 is 5.98. The molecule has 0 aliphatic carbocycles. The average Bonchev–Trinajstić information content (AvgIpc) is 2.61. The lowest BCUT2D eigenvalue weighted by molar-refractivity contribution is -0.127. The second-order valence-electron chi connectivity index (χ2n) is 5.69. The second kappa shape index (κ2) is 9.02. The number of para-hydroxylation sites is 1. The van der Waals surface area contributed by atoms with Crippen molar-refractivity contribution in [3.63, 3.8) is 0 Å². The van der Waals surface area contributed by atoms with Gasteiger partial charge in [-0.15, -0.1) is 0 Å². The Hall–Kier alpha value is -2.09. The Balaban J connectivity index is 1.79. The molecule has 2 aromatic carbocycles. The van der Waals surface area contributed by atoms with Crippen LogP contribution < -0.4 is 14.8 Å². The normalized spacial score (nSPS) is 12.4. The minimum atomic E-state index is -3.60. The van der Waals surface area contributed by atoms with Crippen LogP contribution in [0.3, 0.4) is 0 Å². The maximum absolute atomic E-state index is 12.1. The highest BCUT2D eigenvalue weighted by Gasteiger charge is 2.16. The Labute approximate surface area is 158 Å². The first-order chi connectivity index (χ1) is 12.3. The molecule has 0 saturated heterocycles. The molecule has 0 aliphatic rings. The standard InChI is InChI=1S/C18H21ClN2O4S/c1-13-7-9-15(10-8-13)26(23,24)21-12-11-20-18(22)14(2)25-17-6-4-3-5-16(17)19/h3-10,14,21H,11-12H2,1-2H3,(H,20,22). The van der Waals surface area contributed by atoms with Crippen LogP contribution in [0.5, 0.6) is 5.75 Å². The van der Waals surface area contributed by atoms with Gasteiger partial charge < -0.3 is 10.1 Å². The number of hydrogen-bond acceptors (Lipinski definition) is 4. The molecule has 26 heavy (non-hydrogen) atoms. The van der Waals surface area contributed by atoms with Crippen LogP contribution in [0.15, 0.2) is 53.4 Å². The zero-order valence-corrected chi connectivity index (χ0v) is 16.1. The van der Waals surface area contributed by atoms with E-state index in [9.17, 15) is 13.2 Å². The summed E-state index contributed by atoms with van der Waals surface area (Å²) in [6, 6.07) is 13.4. The molecule has 0 radical (unpaired) electrons. The van der Waals surface area contributed by atoms with Crippen molar-refractivity contribution in [2.75, 3.05) is 13.1 Å². The first-order valence-electron chi connectivity index (χ1n) is 8.05. The van der Waals surface area contributed by atoms with Crippen LogP contribution in [0.4, 0.5) is 0 Å². The fourth-order valence-electron chi connectivity index (χ4n) is 2.10. The summed E-state index contributed by atoms with van der Waals surface area (Å²) in [5.74, 6) is 0.0522. The number of carbonyl (C=O) groups excluding carboxylic acids is 1. The van der Waals surface area contributed by atoms with Gasteiger partial charge in [0.25, 0.3) is 5.91 Å². The summed E-state index contributed by atoms with van der Waals surface area (Å²) in [5, 5.41) is 3.04. The summed E-state index contributed by atoms with van der Waals surface area (Å²) in [6.07, 6.45) is -0.761. The second-order valence-corrected chi connectivity index (χ2v) is 7.87. The molecular weight excluding hydrogens is 376 g/mol. The van der Waals surface area contributed by atoms with Gasteiger partial charge in [0.15, 0.2) is 6.10 Å². The molecule has 2 aromatic rings. The van der Waals surface area contributed by atoms with Crippen molar-refractivity contribution in [1.82, 2.24) is 10.0 Å². The van der Waals surface area contributed by atoms with Crippen molar-refractivity contribution in [3.05, 3.63) is 59.1 Å². The van der Waals surface area contributed by atoms with E-state index in [1.165, 1.54) is 12.1 Å². The number of aryl methyl sites for hydroxylation is 1. The molecule has 0 aromatic heterocycles.